The summed E-state index contributed by atoms with van der Waals surface area (Å²) in [4.78, 5) is 27.7. The van der Waals surface area contributed by atoms with Crippen molar-refractivity contribution in [3.63, 3.8) is 0 Å². The number of benzene rings is 2. The molecule has 0 aliphatic heterocycles. The zero-order chi connectivity index (χ0) is 26.5. The second-order valence-electron chi connectivity index (χ2n) is 8.74. The van der Waals surface area contributed by atoms with Crippen LogP contribution in [0, 0.1) is 12.8 Å². The van der Waals surface area contributed by atoms with Gasteiger partial charge in [-0.05, 0) is 49.6 Å². The number of amides is 2. The minimum atomic E-state index is -3.86. The summed E-state index contributed by atoms with van der Waals surface area (Å²) < 4.78 is 26.2. The first kappa shape index (κ1) is 29.2. The summed E-state index contributed by atoms with van der Waals surface area (Å²) in [5.74, 6) is -0.768. The number of hydrogen-bond donors (Lipinski definition) is 1. The van der Waals surface area contributed by atoms with E-state index >= 15 is 0 Å². The topological polar surface area (TPSA) is 86.8 Å². The lowest BCUT2D eigenvalue weighted by Crippen LogP contribution is -2.51. The van der Waals surface area contributed by atoms with Gasteiger partial charge in [0, 0.05) is 33.7 Å². The Morgan fingerprint density at radius 1 is 1.00 bits per heavy atom. The maximum absolute atomic E-state index is 13.6. The Kier molecular flexibility index (Phi) is 10.3. The molecule has 7 nitrogen and oxygen atoms in total. The third-order valence-corrected chi connectivity index (χ3v) is 7.62. The van der Waals surface area contributed by atoms with Crippen molar-refractivity contribution < 1.29 is 18.0 Å². The summed E-state index contributed by atoms with van der Waals surface area (Å²) in [7, 11) is -3.86. The Bertz CT molecular complexity index is 1170. The Hall–Kier alpha value is -2.00. The maximum Gasteiger partial charge on any atom is 0.244 e. The molecule has 11 heteroatoms. The summed E-state index contributed by atoms with van der Waals surface area (Å²) in [5, 5.41) is 3.84. The first-order valence-electron chi connectivity index (χ1n) is 11.0. The second kappa shape index (κ2) is 12.3. The molecule has 0 unspecified atom stereocenters. The van der Waals surface area contributed by atoms with Gasteiger partial charge in [-0.1, -0.05) is 60.8 Å². The van der Waals surface area contributed by atoms with Crippen LogP contribution in [-0.4, -0.2) is 50.5 Å². The van der Waals surface area contributed by atoms with Crippen molar-refractivity contribution in [3.05, 3.63) is 62.6 Å². The molecule has 0 radical (unpaired) electrons. The fraction of sp³-hybridized carbons (Fsp3) is 0.417. The van der Waals surface area contributed by atoms with Crippen LogP contribution < -0.4 is 9.62 Å². The van der Waals surface area contributed by atoms with Crippen LogP contribution in [0.3, 0.4) is 0 Å². The van der Waals surface area contributed by atoms with Crippen LogP contribution in [0.4, 0.5) is 5.69 Å². The highest BCUT2D eigenvalue weighted by Crippen LogP contribution is 2.28. The van der Waals surface area contributed by atoms with Gasteiger partial charge in [-0.2, -0.15) is 0 Å². The third kappa shape index (κ3) is 8.00. The lowest BCUT2D eigenvalue weighted by molar-refractivity contribution is -0.139. The maximum atomic E-state index is 13.6. The molecule has 2 aromatic rings. The van der Waals surface area contributed by atoms with E-state index in [1.807, 2.05) is 13.8 Å². The first-order valence-corrected chi connectivity index (χ1v) is 13.9. The molecular formula is C24H30Cl3N3O4S. The molecule has 0 aliphatic carbocycles. The Morgan fingerprint density at radius 2 is 1.60 bits per heavy atom. The number of hydrogen-bond acceptors (Lipinski definition) is 4. The number of nitrogens with one attached hydrogen (secondary N) is 1. The molecule has 0 aromatic heterocycles. The zero-order valence-electron chi connectivity index (χ0n) is 20.3. The van der Waals surface area contributed by atoms with Crippen molar-refractivity contribution in [2.75, 3.05) is 23.7 Å². The first-order chi connectivity index (χ1) is 16.2. The van der Waals surface area contributed by atoms with E-state index in [2.05, 4.69) is 5.32 Å². The van der Waals surface area contributed by atoms with Gasteiger partial charge in [0.25, 0.3) is 0 Å². The lowest BCUT2D eigenvalue weighted by Gasteiger charge is -2.32. The van der Waals surface area contributed by atoms with Gasteiger partial charge in [0.1, 0.15) is 12.6 Å². The van der Waals surface area contributed by atoms with Crippen molar-refractivity contribution in [1.29, 1.82) is 0 Å². The Morgan fingerprint density at radius 3 is 2.11 bits per heavy atom. The largest absolute Gasteiger partial charge is 0.354 e. The number of carbonyl (C=O) groups excluding carboxylic acids is 2. The monoisotopic (exact) mass is 561 g/mol. The molecule has 1 atom stereocenters. The molecule has 0 heterocycles. The van der Waals surface area contributed by atoms with Gasteiger partial charge in [-0.3, -0.25) is 13.9 Å². The van der Waals surface area contributed by atoms with Crippen molar-refractivity contribution in [2.45, 2.75) is 40.3 Å². The standard InChI is InChI=1S/C24H30Cl3N3O4S/c1-15(2)12-28-24(32)17(4)29(13-19-20(25)7-6-8-21(19)26)23(31)14-30(35(5,33)34)18-10-9-16(3)22(27)11-18/h6-11,15,17H,12-14H2,1-5H3,(H,28,32)/t17-/m1/s1. The Balaban J connectivity index is 2.45. The number of nitrogens with zero attached hydrogens (tertiary/aromatic N) is 2. The lowest BCUT2D eigenvalue weighted by atomic mass is 10.1. The normalized spacial score (nSPS) is 12.4. The highest BCUT2D eigenvalue weighted by Gasteiger charge is 2.31. The molecule has 192 valence electrons. The quantitative estimate of drug-likeness (QED) is 0.446. The SMILES string of the molecule is Cc1ccc(N(CC(=O)N(Cc2c(Cl)cccc2Cl)[C@H](C)C(=O)NCC(C)C)S(C)(=O)=O)cc1Cl. The molecule has 0 aliphatic rings. The van der Waals surface area contributed by atoms with E-state index in [-0.39, 0.29) is 24.1 Å². The fourth-order valence-corrected chi connectivity index (χ4v) is 4.77. The molecule has 0 bridgehead atoms. The minimum absolute atomic E-state index is 0.0835. The average molecular weight is 563 g/mol. The highest BCUT2D eigenvalue weighted by atomic mass is 35.5. The van der Waals surface area contributed by atoms with Gasteiger partial charge in [0.05, 0.1) is 11.9 Å². The van der Waals surface area contributed by atoms with E-state index in [1.165, 1.54) is 11.0 Å². The van der Waals surface area contributed by atoms with E-state index in [1.54, 1.807) is 44.2 Å². The van der Waals surface area contributed by atoms with Gasteiger partial charge in [-0.15, -0.1) is 0 Å². The van der Waals surface area contributed by atoms with Crippen molar-refractivity contribution >= 4 is 62.3 Å². The molecule has 0 saturated heterocycles. The minimum Gasteiger partial charge on any atom is -0.354 e. The number of aryl methyl sites for hydroxylation is 1. The summed E-state index contributed by atoms with van der Waals surface area (Å²) in [6.45, 7) is 7.07. The second-order valence-corrected chi connectivity index (χ2v) is 11.9. The van der Waals surface area contributed by atoms with E-state index in [0.717, 1.165) is 16.1 Å². The predicted octanol–water partition coefficient (Wildman–Crippen LogP) is 4.91. The van der Waals surface area contributed by atoms with Crippen LogP contribution in [0.25, 0.3) is 0 Å². The van der Waals surface area contributed by atoms with Gasteiger partial charge < -0.3 is 10.2 Å². The molecule has 2 aromatic carbocycles. The van der Waals surface area contributed by atoms with Crippen LogP contribution in [0.15, 0.2) is 36.4 Å². The van der Waals surface area contributed by atoms with Crippen LogP contribution in [0.2, 0.25) is 15.1 Å². The molecule has 2 rings (SSSR count). The van der Waals surface area contributed by atoms with E-state index in [9.17, 15) is 18.0 Å². The van der Waals surface area contributed by atoms with Gasteiger partial charge >= 0.3 is 0 Å². The van der Waals surface area contributed by atoms with Crippen LogP contribution >= 0.6 is 34.8 Å². The van der Waals surface area contributed by atoms with E-state index < -0.39 is 28.5 Å². The summed E-state index contributed by atoms with van der Waals surface area (Å²) in [5.41, 5.74) is 1.46. The zero-order valence-corrected chi connectivity index (χ0v) is 23.4. The van der Waals surface area contributed by atoms with Crippen LogP contribution in [-0.2, 0) is 26.2 Å². The summed E-state index contributed by atoms with van der Waals surface area (Å²) in [6.07, 6.45) is 1.00. The molecule has 0 saturated carbocycles. The number of anilines is 1. The molecule has 0 spiro atoms. The Labute approximate surface area is 222 Å². The number of rotatable bonds is 10. The van der Waals surface area contributed by atoms with Crippen molar-refractivity contribution in [1.82, 2.24) is 10.2 Å². The fourth-order valence-electron chi connectivity index (χ4n) is 3.24. The van der Waals surface area contributed by atoms with Gasteiger partial charge in [0.2, 0.25) is 21.8 Å². The van der Waals surface area contributed by atoms with E-state index in [4.69, 9.17) is 34.8 Å². The molecule has 35 heavy (non-hydrogen) atoms. The smallest absolute Gasteiger partial charge is 0.244 e. The van der Waals surface area contributed by atoms with Crippen LogP contribution in [0.5, 0.6) is 0 Å². The average Bonchev–Trinajstić information content (AvgIpc) is 2.76. The molecule has 1 N–H and O–H groups in total. The molecule has 0 fully saturated rings. The van der Waals surface area contributed by atoms with Crippen LogP contribution in [0.1, 0.15) is 31.9 Å². The predicted molar refractivity (Wildman–Crippen MR) is 143 cm³/mol. The summed E-state index contributed by atoms with van der Waals surface area (Å²) in [6, 6.07) is 8.74. The van der Waals surface area contributed by atoms with Crippen molar-refractivity contribution in [3.8, 4) is 0 Å². The van der Waals surface area contributed by atoms with E-state index in [0.29, 0.717) is 27.2 Å². The summed E-state index contributed by atoms with van der Waals surface area (Å²) >= 11 is 18.9. The molecule has 2 amide bonds. The van der Waals surface area contributed by atoms with Crippen molar-refractivity contribution in [2.24, 2.45) is 5.92 Å². The number of sulfonamides is 1. The third-order valence-electron chi connectivity index (χ3n) is 5.36. The van der Waals surface area contributed by atoms with Gasteiger partial charge in [0.15, 0.2) is 0 Å². The number of carbonyl (C=O) groups is 2. The van der Waals surface area contributed by atoms with Gasteiger partial charge in [-0.25, -0.2) is 8.42 Å². The molecular weight excluding hydrogens is 533 g/mol. The highest BCUT2D eigenvalue weighted by molar-refractivity contribution is 7.92. The number of halogens is 3.